The standard InChI is InChI=1S/C17H19N5S/c1-2-3-7-12-10-5-4-6-11(10)13-14-15(23-17(13)21-12)16-18-8-20-22(16)9-19-14/h8-9,13,17H,2-7H2,1H3/t13-,17+/m1/s1. The minimum absolute atomic E-state index is 0.254. The average molecular weight is 325 g/mol. The topological polar surface area (TPSA) is 55.4 Å². The Bertz CT molecular complexity index is 850. The molecule has 6 heteroatoms. The predicted octanol–water partition coefficient (Wildman–Crippen LogP) is 3.77. The molecule has 118 valence electrons. The van der Waals surface area contributed by atoms with Gasteiger partial charge >= 0.3 is 0 Å². The van der Waals surface area contributed by atoms with Crippen molar-refractivity contribution in [3.05, 3.63) is 29.5 Å². The first-order valence-corrected chi connectivity index (χ1v) is 9.38. The van der Waals surface area contributed by atoms with Crippen LogP contribution in [0.4, 0.5) is 0 Å². The van der Waals surface area contributed by atoms with Crippen molar-refractivity contribution in [2.45, 2.75) is 61.6 Å². The van der Waals surface area contributed by atoms with E-state index in [1.54, 1.807) is 28.3 Å². The van der Waals surface area contributed by atoms with Gasteiger partial charge in [-0.2, -0.15) is 5.10 Å². The molecule has 2 aliphatic heterocycles. The van der Waals surface area contributed by atoms with Crippen LogP contribution in [0.1, 0.15) is 57.1 Å². The minimum Gasteiger partial charge on any atom is -0.274 e. The van der Waals surface area contributed by atoms with Crippen molar-refractivity contribution in [1.82, 2.24) is 19.6 Å². The van der Waals surface area contributed by atoms with Gasteiger partial charge in [-0.3, -0.25) is 4.99 Å². The van der Waals surface area contributed by atoms with Crippen molar-refractivity contribution in [2.75, 3.05) is 0 Å². The lowest BCUT2D eigenvalue weighted by atomic mass is 9.87. The number of allylic oxidation sites excluding steroid dienone is 1. The minimum atomic E-state index is 0.254. The van der Waals surface area contributed by atoms with Crippen LogP contribution in [0, 0.1) is 0 Å². The smallest absolute Gasteiger partial charge is 0.172 e. The number of thioether (sulfide) groups is 1. The summed E-state index contributed by atoms with van der Waals surface area (Å²) in [6.45, 7) is 2.25. The Kier molecular flexibility index (Phi) is 3.08. The molecule has 4 heterocycles. The van der Waals surface area contributed by atoms with Crippen LogP contribution in [0.15, 0.2) is 33.7 Å². The van der Waals surface area contributed by atoms with E-state index in [9.17, 15) is 0 Å². The third kappa shape index (κ3) is 1.94. The van der Waals surface area contributed by atoms with Gasteiger partial charge in [-0.1, -0.05) is 30.7 Å². The molecule has 0 amide bonds. The van der Waals surface area contributed by atoms with Gasteiger partial charge in [-0.25, -0.2) is 14.5 Å². The van der Waals surface area contributed by atoms with E-state index in [1.165, 1.54) is 48.4 Å². The van der Waals surface area contributed by atoms with Crippen LogP contribution in [-0.2, 0) is 0 Å². The Balaban J connectivity index is 1.63. The van der Waals surface area contributed by atoms with Gasteiger partial charge in [0.25, 0.3) is 0 Å². The third-order valence-corrected chi connectivity index (χ3v) is 6.41. The molecular formula is C17H19N5S. The summed E-state index contributed by atoms with van der Waals surface area (Å²) in [6.07, 6.45) is 10.7. The van der Waals surface area contributed by atoms with E-state index in [0.717, 1.165) is 12.1 Å². The maximum absolute atomic E-state index is 5.15. The zero-order chi connectivity index (χ0) is 15.4. The van der Waals surface area contributed by atoms with E-state index in [1.807, 2.05) is 11.8 Å². The Labute approximate surface area is 139 Å². The third-order valence-electron chi connectivity index (χ3n) is 5.17. The molecule has 0 N–H and O–H groups in total. The Hall–Kier alpha value is -1.69. The number of aromatic nitrogens is 4. The van der Waals surface area contributed by atoms with Gasteiger partial charge in [0.05, 0.1) is 16.5 Å². The highest BCUT2D eigenvalue weighted by molar-refractivity contribution is 8.00. The fraction of sp³-hybridized carbons (Fsp3) is 0.529. The van der Waals surface area contributed by atoms with E-state index in [4.69, 9.17) is 9.98 Å². The van der Waals surface area contributed by atoms with Crippen molar-refractivity contribution in [3.8, 4) is 0 Å². The molecule has 0 unspecified atom stereocenters. The molecule has 0 saturated heterocycles. The number of dihydropyridines is 1. The van der Waals surface area contributed by atoms with Gasteiger partial charge in [0, 0.05) is 5.71 Å². The number of hydrogen-bond acceptors (Lipinski definition) is 5. The van der Waals surface area contributed by atoms with Gasteiger partial charge in [-0.15, -0.1) is 0 Å². The number of aliphatic imine (C=N–C) groups is 1. The largest absolute Gasteiger partial charge is 0.274 e. The molecule has 0 saturated carbocycles. The molecule has 0 aromatic carbocycles. The summed E-state index contributed by atoms with van der Waals surface area (Å²) in [5.74, 6) is 0.361. The predicted molar refractivity (Wildman–Crippen MR) is 91.0 cm³/mol. The van der Waals surface area contributed by atoms with E-state index >= 15 is 0 Å². The molecule has 2 atom stereocenters. The summed E-state index contributed by atoms with van der Waals surface area (Å²) < 4.78 is 1.77. The molecule has 3 aliphatic rings. The summed E-state index contributed by atoms with van der Waals surface area (Å²) in [4.78, 5) is 15.5. The van der Waals surface area contributed by atoms with Crippen LogP contribution in [-0.4, -0.2) is 30.7 Å². The van der Waals surface area contributed by atoms with Crippen molar-refractivity contribution < 1.29 is 0 Å². The molecule has 1 aliphatic carbocycles. The van der Waals surface area contributed by atoms with E-state index < -0.39 is 0 Å². The maximum atomic E-state index is 5.15. The first-order chi connectivity index (χ1) is 11.4. The van der Waals surface area contributed by atoms with Gasteiger partial charge in [0.15, 0.2) is 5.65 Å². The quantitative estimate of drug-likeness (QED) is 0.862. The zero-order valence-corrected chi connectivity index (χ0v) is 14.0. The first kappa shape index (κ1) is 13.7. The van der Waals surface area contributed by atoms with Crippen LogP contribution in [0.2, 0.25) is 0 Å². The Morgan fingerprint density at radius 1 is 1.30 bits per heavy atom. The molecule has 0 spiro atoms. The molecule has 0 radical (unpaired) electrons. The SMILES string of the molecule is CCCCC1=N[C@H]2Sc3c(ncn4ncnc34)[C@H]2C2=C1CCC2. The lowest BCUT2D eigenvalue weighted by molar-refractivity contribution is 0.691. The van der Waals surface area contributed by atoms with Crippen molar-refractivity contribution in [3.63, 3.8) is 0 Å². The van der Waals surface area contributed by atoms with E-state index in [2.05, 4.69) is 17.0 Å². The molecule has 0 fully saturated rings. The number of rotatable bonds is 3. The Morgan fingerprint density at radius 2 is 2.26 bits per heavy atom. The molecule has 0 bridgehead atoms. The zero-order valence-electron chi connectivity index (χ0n) is 13.2. The van der Waals surface area contributed by atoms with Crippen LogP contribution in [0.25, 0.3) is 5.65 Å². The van der Waals surface area contributed by atoms with Gasteiger partial charge in [-0.05, 0) is 37.7 Å². The van der Waals surface area contributed by atoms with Crippen LogP contribution in [0.5, 0.6) is 0 Å². The molecule has 5 nitrogen and oxygen atoms in total. The summed E-state index contributed by atoms with van der Waals surface area (Å²) in [5, 5.41) is 4.47. The second kappa shape index (κ2) is 5.16. The highest BCUT2D eigenvalue weighted by Crippen LogP contribution is 2.55. The van der Waals surface area contributed by atoms with Crippen molar-refractivity contribution in [2.24, 2.45) is 4.99 Å². The van der Waals surface area contributed by atoms with E-state index in [0.29, 0.717) is 5.92 Å². The first-order valence-electron chi connectivity index (χ1n) is 8.50. The Morgan fingerprint density at radius 3 is 3.17 bits per heavy atom. The van der Waals surface area contributed by atoms with Gasteiger partial charge < -0.3 is 0 Å². The second-order valence-corrected chi connectivity index (χ2v) is 7.64. The fourth-order valence-electron chi connectivity index (χ4n) is 4.11. The van der Waals surface area contributed by atoms with Crippen LogP contribution < -0.4 is 0 Å². The lowest BCUT2D eigenvalue weighted by Gasteiger charge is -2.26. The van der Waals surface area contributed by atoms with Crippen LogP contribution in [0.3, 0.4) is 0 Å². The highest BCUT2D eigenvalue weighted by atomic mass is 32.2. The lowest BCUT2D eigenvalue weighted by Crippen LogP contribution is -2.21. The van der Waals surface area contributed by atoms with Crippen LogP contribution >= 0.6 is 11.8 Å². The molecule has 2 aromatic rings. The fourth-order valence-corrected chi connectivity index (χ4v) is 5.52. The summed E-state index contributed by atoms with van der Waals surface area (Å²) in [5.41, 5.74) is 6.64. The number of hydrogen-bond donors (Lipinski definition) is 0. The summed E-state index contributed by atoms with van der Waals surface area (Å²) in [7, 11) is 0. The van der Waals surface area contributed by atoms with Crippen molar-refractivity contribution >= 4 is 23.1 Å². The summed E-state index contributed by atoms with van der Waals surface area (Å²) >= 11 is 1.83. The normalized spacial score (nSPS) is 25.5. The van der Waals surface area contributed by atoms with Crippen molar-refractivity contribution in [1.29, 1.82) is 0 Å². The average Bonchev–Trinajstić information content (AvgIpc) is 3.27. The monoisotopic (exact) mass is 325 g/mol. The van der Waals surface area contributed by atoms with Gasteiger partial charge in [0.1, 0.15) is 18.0 Å². The van der Waals surface area contributed by atoms with E-state index in [-0.39, 0.29) is 5.37 Å². The summed E-state index contributed by atoms with van der Waals surface area (Å²) in [6, 6.07) is 0. The second-order valence-electron chi connectivity index (χ2n) is 6.51. The molecule has 2 aromatic heterocycles. The molecule has 5 rings (SSSR count). The van der Waals surface area contributed by atoms with Gasteiger partial charge in [0.2, 0.25) is 0 Å². The highest BCUT2D eigenvalue weighted by Gasteiger charge is 2.43. The number of unbranched alkanes of at least 4 members (excludes halogenated alkanes) is 1. The molecular weight excluding hydrogens is 306 g/mol. The number of nitrogens with zero attached hydrogens (tertiary/aromatic N) is 5. The maximum Gasteiger partial charge on any atom is 0.172 e. The number of fused-ring (bicyclic) bond motifs is 6. The molecule has 23 heavy (non-hydrogen) atoms.